The van der Waals surface area contributed by atoms with Gasteiger partial charge in [0, 0.05) is 19.2 Å². The van der Waals surface area contributed by atoms with Crippen molar-refractivity contribution in [1.82, 2.24) is 10.6 Å². The molecule has 2 N–H and O–H groups in total. The normalized spacial score (nSPS) is 17.7. The van der Waals surface area contributed by atoms with E-state index in [0.29, 0.717) is 44.6 Å². The number of alkyl carbamates (subject to hydrolysis) is 1. The van der Waals surface area contributed by atoms with Gasteiger partial charge in [0.1, 0.15) is 24.3 Å². The summed E-state index contributed by atoms with van der Waals surface area (Å²) in [6, 6.07) is 4.53. The van der Waals surface area contributed by atoms with Crippen molar-refractivity contribution in [3.8, 4) is 5.75 Å². The maximum absolute atomic E-state index is 13.4. The molecule has 1 saturated carbocycles. The van der Waals surface area contributed by atoms with E-state index in [9.17, 15) is 14.0 Å². The van der Waals surface area contributed by atoms with Gasteiger partial charge in [-0.2, -0.15) is 0 Å². The maximum atomic E-state index is 13.4. The number of amides is 2. The molecule has 0 bridgehead atoms. The molecule has 2 amide bonds. The van der Waals surface area contributed by atoms with Crippen LogP contribution >= 0.6 is 0 Å². The molecule has 0 aromatic heterocycles. The highest BCUT2D eigenvalue weighted by atomic mass is 19.1. The van der Waals surface area contributed by atoms with Crippen molar-refractivity contribution in [1.29, 1.82) is 0 Å². The Hall–Kier alpha value is -2.61. The van der Waals surface area contributed by atoms with E-state index >= 15 is 0 Å². The summed E-state index contributed by atoms with van der Waals surface area (Å²) in [6.45, 7) is 9.26. The van der Waals surface area contributed by atoms with Crippen LogP contribution in [-0.2, 0) is 14.3 Å². The molecule has 0 spiro atoms. The first-order valence-corrected chi connectivity index (χ1v) is 10.2. The number of halogens is 1. The van der Waals surface area contributed by atoms with Crippen LogP contribution < -0.4 is 15.4 Å². The molecule has 0 atom stereocenters. The average Bonchev–Trinajstić information content (AvgIpc) is 2.68. The second kappa shape index (κ2) is 12.2. The minimum atomic E-state index is -0.477. The third-order valence-corrected chi connectivity index (χ3v) is 4.82. The molecule has 1 aliphatic rings. The summed E-state index contributed by atoms with van der Waals surface area (Å²) in [5.74, 6) is 0.548. The van der Waals surface area contributed by atoms with E-state index in [2.05, 4.69) is 17.2 Å². The SMILES string of the molecule is C=CC(=O)NCC1CC(OC(=O)NCCOCCOc2cc(F)ccc2C(C)C)C1. The Bertz CT molecular complexity index is 719. The smallest absolute Gasteiger partial charge is 0.407 e. The molecule has 1 aromatic carbocycles. The number of rotatable bonds is 12. The Morgan fingerprint density at radius 3 is 2.70 bits per heavy atom. The molecular weight excluding hydrogens is 391 g/mol. The van der Waals surface area contributed by atoms with E-state index in [0.717, 1.165) is 18.4 Å². The number of carbonyl (C=O) groups is 2. The molecule has 2 rings (SSSR count). The molecule has 0 heterocycles. The summed E-state index contributed by atoms with van der Waals surface area (Å²) in [6.07, 6.45) is 2.11. The fourth-order valence-electron chi connectivity index (χ4n) is 3.10. The van der Waals surface area contributed by atoms with Crippen molar-refractivity contribution in [2.24, 2.45) is 5.92 Å². The van der Waals surface area contributed by atoms with Crippen molar-refractivity contribution in [2.75, 3.05) is 32.9 Å². The van der Waals surface area contributed by atoms with Crippen LogP contribution in [0, 0.1) is 11.7 Å². The number of carbonyl (C=O) groups excluding carboxylic acids is 2. The standard InChI is InChI=1S/C22H31FN2O5/c1-4-21(26)25-14-16-11-18(12-16)30-22(27)24-7-8-28-9-10-29-20-13-17(23)5-6-19(20)15(2)3/h4-6,13,15-16,18H,1,7-12,14H2,2-3H3,(H,24,27)(H,25,26). The molecule has 1 fully saturated rings. The van der Waals surface area contributed by atoms with Crippen LogP contribution in [0.3, 0.4) is 0 Å². The van der Waals surface area contributed by atoms with Gasteiger partial charge < -0.3 is 24.8 Å². The lowest BCUT2D eigenvalue weighted by Crippen LogP contribution is -2.42. The predicted molar refractivity (Wildman–Crippen MR) is 111 cm³/mol. The van der Waals surface area contributed by atoms with Gasteiger partial charge in [0.25, 0.3) is 0 Å². The van der Waals surface area contributed by atoms with Crippen LogP contribution in [-0.4, -0.2) is 51.0 Å². The molecule has 7 nitrogen and oxygen atoms in total. The zero-order valence-corrected chi connectivity index (χ0v) is 17.6. The van der Waals surface area contributed by atoms with E-state index in [-0.39, 0.29) is 23.7 Å². The second-order valence-corrected chi connectivity index (χ2v) is 7.54. The summed E-state index contributed by atoms with van der Waals surface area (Å²) in [5.41, 5.74) is 0.946. The van der Waals surface area contributed by atoms with Crippen LogP contribution in [0.2, 0.25) is 0 Å². The summed E-state index contributed by atoms with van der Waals surface area (Å²) < 4.78 is 29.7. The van der Waals surface area contributed by atoms with Crippen molar-refractivity contribution in [3.05, 3.63) is 42.2 Å². The van der Waals surface area contributed by atoms with Crippen molar-refractivity contribution >= 4 is 12.0 Å². The Labute approximate surface area is 177 Å². The molecule has 1 aromatic rings. The van der Waals surface area contributed by atoms with Gasteiger partial charge in [-0.3, -0.25) is 4.79 Å². The molecule has 0 radical (unpaired) electrons. The van der Waals surface area contributed by atoms with E-state index in [4.69, 9.17) is 14.2 Å². The molecule has 0 saturated heterocycles. The van der Waals surface area contributed by atoms with E-state index in [1.54, 1.807) is 6.07 Å². The van der Waals surface area contributed by atoms with Gasteiger partial charge in [-0.25, -0.2) is 9.18 Å². The topological polar surface area (TPSA) is 85.9 Å². The summed E-state index contributed by atoms with van der Waals surface area (Å²) >= 11 is 0. The van der Waals surface area contributed by atoms with Crippen LogP contribution in [0.1, 0.15) is 38.2 Å². The van der Waals surface area contributed by atoms with Gasteiger partial charge >= 0.3 is 6.09 Å². The summed E-state index contributed by atoms with van der Waals surface area (Å²) in [7, 11) is 0. The number of nitrogens with one attached hydrogen (secondary N) is 2. The molecule has 0 unspecified atom stereocenters. The van der Waals surface area contributed by atoms with Crippen LogP contribution in [0.25, 0.3) is 0 Å². The van der Waals surface area contributed by atoms with Gasteiger partial charge in [-0.05, 0) is 42.4 Å². The van der Waals surface area contributed by atoms with Crippen LogP contribution in [0.15, 0.2) is 30.9 Å². The minimum absolute atomic E-state index is 0.119. The highest BCUT2D eigenvalue weighted by Crippen LogP contribution is 2.29. The Morgan fingerprint density at radius 1 is 1.23 bits per heavy atom. The second-order valence-electron chi connectivity index (χ2n) is 7.54. The fourth-order valence-corrected chi connectivity index (χ4v) is 3.10. The maximum Gasteiger partial charge on any atom is 0.407 e. The summed E-state index contributed by atoms with van der Waals surface area (Å²) in [5, 5.41) is 5.37. The molecule has 30 heavy (non-hydrogen) atoms. The van der Waals surface area contributed by atoms with Crippen molar-refractivity contribution in [3.63, 3.8) is 0 Å². The third kappa shape index (κ3) is 8.02. The lowest BCUT2D eigenvalue weighted by molar-refractivity contribution is -0.117. The summed E-state index contributed by atoms with van der Waals surface area (Å²) in [4.78, 5) is 22.8. The van der Waals surface area contributed by atoms with Gasteiger partial charge in [0.15, 0.2) is 0 Å². The first kappa shape index (κ1) is 23.7. The van der Waals surface area contributed by atoms with E-state index in [1.165, 1.54) is 18.2 Å². The van der Waals surface area contributed by atoms with E-state index < -0.39 is 6.09 Å². The Kier molecular flexibility index (Phi) is 9.60. The Morgan fingerprint density at radius 2 is 2.00 bits per heavy atom. The van der Waals surface area contributed by atoms with Gasteiger partial charge in [-0.15, -0.1) is 0 Å². The van der Waals surface area contributed by atoms with Crippen molar-refractivity contribution in [2.45, 2.75) is 38.7 Å². The predicted octanol–water partition coefficient (Wildman–Crippen LogP) is 3.15. The average molecular weight is 422 g/mol. The van der Waals surface area contributed by atoms with Crippen molar-refractivity contribution < 1.29 is 28.2 Å². The lowest BCUT2D eigenvalue weighted by Gasteiger charge is -2.34. The zero-order valence-electron chi connectivity index (χ0n) is 17.6. The molecule has 166 valence electrons. The van der Waals surface area contributed by atoms with Gasteiger partial charge in [0.2, 0.25) is 5.91 Å². The van der Waals surface area contributed by atoms with E-state index in [1.807, 2.05) is 13.8 Å². The molecular formula is C22H31FN2O5. The number of ether oxygens (including phenoxy) is 3. The Balaban J connectivity index is 1.50. The van der Waals surface area contributed by atoms with Gasteiger partial charge in [0.05, 0.1) is 13.2 Å². The highest BCUT2D eigenvalue weighted by molar-refractivity contribution is 5.86. The first-order chi connectivity index (χ1) is 14.4. The minimum Gasteiger partial charge on any atom is -0.491 e. The first-order valence-electron chi connectivity index (χ1n) is 10.2. The number of hydrogen-bond acceptors (Lipinski definition) is 5. The third-order valence-electron chi connectivity index (χ3n) is 4.82. The zero-order chi connectivity index (χ0) is 21.9. The lowest BCUT2D eigenvalue weighted by atomic mass is 9.82. The molecule has 0 aliphatic heterocycles. The van der Waals surface area contributed by atoms with Crippen LogP contribution in [0.5, 0.6) is 5.75 Å². The molecule has 8 heteroatoms. The number of benzene rings is 1. The fraction of sp³-hybridized carbons (Fsp3) is 0.545. The quantitative estimate of drug-likeness (QED) is 0.399. The number of hydrogen-bond donors (Lipinski definition) is 2. The largest absolute Gasteiger partial charge is 0.491 e. The highest BCUT2D eigenvalue weighted by Gasteiger charge is 2.32. The van der Waals surface area contributed by atoms with Crippen LogP contribution in [0.4, 0.5) is 9.18 Å². The molecule has 1 aliphatic carbocycles. The monoisotopic (exact) mass is 422 g/mol. The van der Waals surface area contributed by atoms with Gasteiger partial charge in [-0.1, -0.05) is 26.5 Å².